The third-order valence-corrected chi connectivity index (χ3v) is 5.26. The molecule has 0 radical (unpaired) electrons. The van der Waals surface area contributed by atoms with Crippen LogP contribution in [0.1, 0.15) is 47.2 Å². The molecule has 1 heterocycles. The molecule has 1 N–H and O–H groups in total. The lowest BCUT2D eigenvalue weighted by Crippen LogP contribution is -2.46. The number of fused-ring (bicyclic) bond motifs is 1. The Kier molecular flexibility index (Phi) is 5.00. The molecule has 2 aromatic carbocycles. The Bertz CT molecular complexity index is 807. The van der Waals surface area contributed by atoms with Gasteiger partial charge in [-0.2, -0.15) is 0 Å². The number of piperidine rings is 1. The van der Waals surface area contributed by atoms with Gasteiger partial charge in [0.1, 0.15) is 0 Å². The molecular weight excluding hydrogens is 322 g/mol. The van der Waals surface area contributed by atoms with Crippen LogP contribution in [-0.4, -0.2) is 29.9 Å². The molecule has 2 aromatic rings. The third-order valence-electron chi connectivity index (χ3n) is 5.26. The van der Waals surface area contributed by atoms with Crippen molar-refractivity contribution in [3.8, 4) is 0 Å². The lowest BCUT2D eigenvalue weighted by atomic mass is 10.1. The molecule has 4 heteroatoms. The van der Waals surface area contributed by atoms with Crippen molar-refractivity contribution in [3.63, 3.8) is 0 Å². The molecule has 2 aliphatic rings. The monoisotopic (exact) mass is 347 g/mol. The Balaban J connectivity index is 1.65. The first-order valence-electron chi connectivity index (χ1n) is 9.62. The number of nitrogens with one attached hydrogen (secondary N) is 1. The van der Waals surface area contributed by atoms with E-state index >= 15 is 0 Å². The predicted octanol–water partition coefficient (Wildman–Crippen LogP) is 4.08. The zero-order valence-corrected chi connectivity index (χ0v) is 15.1. The summed E-state index contributed by atoms with van der Waals surface area (Å²) in [6, 6.07) is 15.7. The van der Waals surface area contributed by atoms with E-state index in [1.165, 1.54) is 24.0 Å². The molecule has 4 nitrogen and oxygen atoms in total. The molecule has 134 valence electrons. The summed E-state index contributed by atoms with van der Waals surface area (Å²) < 4.78 is 0. The SMILES string of the molecule is O=C(NC(=Nc1cccc2c1CCC2)N1CCCCC1)c1ccccc1. The Labute approximate surface area is 154 Å². The van der Waals surface area contributed by atoms with Crippen LogP contribution < -0.4 is 5.32 Å². The van der Waals surface area contributed by atoms with E-state index in [1.54, 1.807) is 0 Å². The van der Waals surface area contributed by atoms with E-state index in [2.05, 4.69) is 28.4 Å². The summed E-state index contributed by atoms with van der Waals surface area (Å²) in [4.78, 5) is 19.9. The summed E-state index contributed by atoms with van der Waals surface area (Å²) in [5, 5.41) is 3.08. The first-order valence-corrected chi connectivity index (χ1v) is 9.62. The summed E-state index contributed by atoms with van der Waals surface area (Å²) in [6.07, 6.45) is 6.94. The molecule has 0 spiro atoms. The van der Waals surface area contributed by atoms with E-state index in [0.29, 0.717) is 11.5 Å². The van der Waals surface area contributed by atoms with Gasteiger partial charge in [0, 0.05) is 18.7 Å². The first kappa shape index (κ1) is 16.8. The van der Waals surface area contributed by atoms with Gasteiger partial charge < -0.3 is 4.90 Å². The Morgan fingerprint density at radius 2 is 1.69 bits per heavy atom. The highest BCUT2D eigenvalue weighted by molar-refractivity contribution is 6.06. The predicted molar refractivity (Wildman–Crippen MR) is 105 cm³/mol. The fourth-order valence-electron chi connectivity index (χ4n) is 3.87. The van der Waals surface area contributed by atoms with Crippen LogP contribution in [0.2, 0.25) is 0 Å². The van der Waals surface area contributed by atoms with Gasteiger partial charge in [0.25, 0.3) is 5.91 Å². The largest absolute Gasteiger partial charge is 0.342 e. The summed E-state index contributed by atoms with van der Waals surface area (Å²) >= 11 is 0. The quantitative estimate of drug-likeness (QED) is 0.657. The number of aryl methyl sites for hydroxylation is 1. The van der Waals surface area contributed by atoms with Crippen molar-refractivity contribution in [1.82, 2.24) is 10.2 Å². The van der Waals surface area contributed by atoms with Gasteiger partial charge in [0.15, 0.2) is 0 Å². The molecule has 1 saturated heterocycles. The lowest BCUT2D eigenvalue weighted by molar-refractivity contribution is 0.0971. The number of nitrogens with zero attached hydrogens (tertiary/aromatic N) is 2. The molecular formula is C22H25N3O. The zero-order valence-electron chi connectivity index (χ0n) is 15.1. The zero-order chi connectivity index (χ0) is 17.8. The fraction of sp³-hybridized carbons (Fsp3) is 0.364. The normalized spacial score (nSPS) is 17.1. The molecule has 1 aliphatic carbocycles. The Morgan fingerprint density at radius 3 is 2.50 bits per heavy atom. The van der Waals surface area contributed by atoms with Gasteiger partial charge in [0.2, 0.25) is 5.96 Å². The van der Waals surface area contributed by atoms with E-state index in [-0.39, 0.29) is 5.91 Å². The second-order valence-corrected chi connectivity index (χ2v) is 7.07. The number of carbonyl (C=O) groups is 1. The van der Waals surface area contributed by atoms with Crippen LogP contribution in [0.3, 0.4) is 0 Å². The van der Waals surface area contributed by atoms with Crippen molar-refractivity contribution < 1.29 is 4.79 Å². The highest BCUT2D eigenvalue weighted by atomic mass is 16.1. The second-order valence-electron chi connectivity index (χ2n) is 7.07. The molecule has 1 aliphatic heterocycles. The lowest BCUT2D eigenvalue weighted by Gasteiger charge is -2.30. The number of amides is 1. The second kappa shape index (κ2) is 7.73. The average Bonchev–Trinajstić information content (AvgIpc) is 3.18. The van der Waals surface area contributed by atoms with Gasteiger partial charge in [-0.15, -0.1) is 0 Å². The Hall–Kier alpha value is -2.62. The molecule has 1 fully saturated rings. The van der Waals surface area contributed by atoms with E-state index in [1.807, 2.05) is 30.3 Å². The summed E-state index contributed by atoms with van der Waals surface area (Å²) in [5.41, 5.74) is 4.42. The molecule has 0 saturated carbocycles. The fourth-order valence-corrected chi connectivity index (χ4v) is 3.87. The molecule has 26 heavy (non-hydrogen) atoms. The highest BCUT2D eigenvalue weighted by Crippen LogP contribution is 2.31. The minimum atomic E-state index is -0.0949. The number of hydrogen-bond donors (Lipinski definition) is 1. The van der Waals surface area contributed by atoms with Crippen molar-refractivity contribution >= 4 is 17.6 Å². The van der Waals surface area contributed by atoms with Crippen molar-refractivity contribution in [1.29, 1.82) is 0 Å². The van der Waals surface area contributed by atoms with E-state index in [9.17, 15) is 4.79 Å². The maximum atomic E-state index is 12.7. The first-order chi connectivity index (χ1) is 12.8. The molecule has 1 amide bonds. The molecule has 0 atom stereocenters. The van der Waals surface area contributed by atoms with Crippen LogP contribution in [0, 0.1) is 0 Å². The molecule has 0 bridgehead atoms. The Morgan fingerprint density at radius 1 is 0.885 bits per heavy atom. The highest BCUT2D eigenvalue weighted by Gasteiger charge is 2.20. The summed E-state index contributed by atoms with van der Waals surface area (Å²) in [6.45, 7) is 1.89. The number of rotatable bonds is 2. The number of guanidine groups is 1. The van der Waals surface area contributed by atoms with Crippen LogP contribution in [-0.2, 0) is 12.8 Å². The van der Waals surface area contributed by atoms with Crippen molar-refractivity contribution in [2.75, 3.05) is 13.1 Å². The summed E-state index contributed by atoms with van der Waals surface area (Å²) in [5.74, 6) is 0.598. The number of aliphatic imine (C=N–C) groups is 1. The maximum Gasteiger partial charge on any atom is 0.257 e. The van der Waals surface area contributed by atoms with Gasteiger partial charge in [-0.3, -0.25) is 10.1 Å². The number of hydrogen-bond acceptors (Lipinski definition) is 2. The van der Waals surface area contributed by atoms with E-state index < -0.39 is 0 Å². The molecule has 4 rings (SSSR count). The van der Waals surface area contributed by atoms with E-state index in [4.69, 9.17) is 4.99 Å². The van der Waals surface area contributed by atoms with Crippen molar-refractivity contribution in [2.45, 2.75) is 38.5 Å². The summed E-state index contributed by atoms with van der Waals surface area (Å²) in [7, 11) is 0. The van der Waals surface area contributed by atoms with Crippen LogP contribution in [0.4, 0.5) is 5.69 Å². The smallest absolute Gasteiger partial charge is 0.257 e. The van der Waals surface area contributed by atoms with Gasteiger partial charge in [-0.05, 0) is 67.9 Å². The van der Waals surface area contributed by atoms with E-state index in [0.717, 1.165) is 44.5 Å². The number of likely N-dealkylation sites (tertiary alicyclic amines) is 1. The topological polar surface area (TPSA) is 44.7 Å². The van der Waals surface area contributed by atoms with Gasteiger partial charge in [0.05, 0.1) is 5.69 Å². The van der Waals surface area contributed by atoms with Gasteiger partial charge >= 0.3 is 0 Å². The van der Waals surface area contributed by atoms with Crippen LogP contribution in [0.15, 0.2) is 53.5 Å². The average molecular weight is 347 g/mol. The van der Waals surface area contributed by atoms with Crippen LogP contribution in [0.5, 0.6) is 0 Å². The van der Waals surface area contributed by atoms with Gasteiger partial charge in [-0.25, -0.2) is 4.99 Å². The van der Waals surface area contributed by atoms with Crippen LogP contribution in [0.25, 0.3) is 0 Å². The molecule has 0 aromatic heterocycles. The minimum absolute atomic E-state index is 0.0949. The standard InChI is InChI=1S/C22H25N3O/c26-21(18-9-3-1-4-10-18)24-22(25-15-5-2-6-16-25)23-20-14-8-12-17-11-7-13-19(17)20/h1,3-4,8-10,12,14H,2,5-7,11,13,15-16H2,(H,23,24,26). The number of benzene rings is 2. The number of carbonyl (C=O) groups excluding carboxylic acids is 1. The van der Waals surface area contributed by atoms with Gasteiger partial charge in [-0.1, -0.05) is 30.3 Å². The molecule has 0 unspecified atom stereocenters. The third kappa shape index (κ3) is 3.64. The minimum Gasteiger partial charge on any atom is -0.342 e. The van der Waals surface area contributed by atoms with Crippen LogP contribution >= 0.6 is 0 Å². The van der Waals surface area contributed by atoms with Crippen molar-refractivity contribution in [3.05, 3.63) is 65.2 Å². The maximum absolute atomic E-state index is 12.7. The van der Waals surface area contributed by atoms with Crippen molar-refractivity contribution in [2.24, 2.45) is 4.99 Å².